The van der Waals surface area contributed by atoms with Gasteiger partial charge in [-0.25, -0.2) is 4.39 Å². The van der Waals surface area contributed by atoms with E-state index in [1.165, 1.54) is 12.1 Å². The Hall–Kier alpha value is -0.540. The molecule has 0 bridgehead atoms. The predicted molar refractivity (Wildman–Crippen MR) is 51.1 cm³/mol. The molecule has 0 amide bonds. The van der Waals surface area contributed by atoms with Crippen molar-refractivity contribution in [2.45, 2.75) is 4.90 Å². The first-order valence-electron chi connectivity index (χ1n) is 3.86. The van der Waals surface area contributed by atoms with Crippen LogP contribution in [0.2, 0.25) is 0 Å². The summed E-state index contributed by atoms with van der Waals surface area (Å²) in [6.45, 7) is 0.974. The van der Waals surface area contributed by atoms with Crippen LogP contribution in [-0.2, 0) is 0 Å². The number of thioether (sulfide) groups is 1. The number of nitrogens with one attached hydrogen (secondary N) is 1. The van der Waals surface area contributed by atoms with Gasteiger partial charge in [-0.15, -0.1) is 11.8 Å². The highest BCUT2D eigenvalue weighted by Crippen LogP contribution is 2.16. The number of hydrogen-bond acceptors (Lipinski definition) is 2. The van der Waals surface area contributed by atoms with Gasteiger partial charge in [0.15, 0.2) is 0 Å². The van der Waals surface area contributed by atoms with Crippen molar-refractivity contribution in [3.05, 3.63) is 30.1 Å². The summed E-state index contributed by atoms with van der Waals surface area (Å²) in [4.78, 5) is 1.12. The van der Waals surface area contributed by atoms with E-state index in [1.807, 2.05) is 7.05 Å². The van der Waals surface area contributed by atoms with Crippen molar-refractivity contribution in [2.75, 3.05) is 19.3 Å². The third-order valence-electron chi connectivity index (χ3n) is 1.43. The standard InChI is InChI=1S/C9H12FNS/c1-11-6-7-12-9-4-2-8(10)3-5-9/h2-5,11H,6-7H2,1H3. The SMILES string of the molecule is CNCCSc1ccc(F)cc1. The van der Waals surface area contributed by atoms with E-state index in [1.54, 1.807) is 23.9 Å². The average Bonchev–Trinajstić information content (AvgIpc) is 2.09. The van der Waals surface area contributed by atoms with Crippen LogP contribution in [0.5, 0.6) is 0 Å². The molecule has 0 atom stereocenters. The van der Waals surface area contributed by atoms with Crippen molar-refractivity contribution < 1.29 is 4.39 Å². The highest BCUT2D eigenvalue weighted by atomic mass is 32.2. The summed E-state index contributed by atoms with van der Waals surface area (Å²) in [5.74, 6) is 0.843. The summed E-state index contributed by atoms with van der Waals surface area (Å²) in [5, 5.41) is 3.05. The summed E-state index contributed by atoms with van der Waals surface area (Å²) in [6.07, 6.45) is 0. The highest BCUT2D eigenvalue weighted by molar-refractivity contribution is 7.99. The molecule has 3 heteroatoms. The lowest BCUT2D eigenvalue weighted by Crippen LogP contribution is -2.09. The summed E-state index contributed by atoms with van der Waals surface area (Å²) >= 11 is 1.72. The van der Waals surface area contributed by atoms with Crippen LogP contribution in [0, 0.1) is 5.82 Å². The first-order chi connectivity index (χ1) is 5.83. The fourth-order valence-corrected chi connectivity index (χ4v) is 1.67. The Kier molecular flexibility index (Phi) is 4.11. The van der Waals surface area contributed by atoms with Gasteiger partial charge in [0.25, 0.3) is 0 Å². The predicted octanol–water partition coefficient (Wildman–Crippen LogP) is 2.14. The molecule has 0 aliphatic heterocycles. The Labute approximate surface area is 76.4 Å². The van der Waals surface area contributed by atoms with Gasteiger partial charge in [-0.2, -0.15) is 0 Å². The molecule has 0 spiro atoms. The molecule has 1 rings (SSSR count). The molecule has 12 heavy (non-hydrogen) atoms. The molecule has 1 nitrogen and oxygen atoms in total. The summed E-state index contributed by atoms with van der Waals surface area (Å²) in [6, 6.07) is 6.58. The van der Waals surface area contributed by atoms with Gasteiger partial charge in [-0.1, -0.05) is 0 Å². The highest BCUT2D eigenvalue weighted by Gasteiger charge is 1.93. The van der Waals surface area contributed by atoms with Crippen molar-refractivity contribution in [3.63, 3.8) is 0 Å². The van der Waals surface area contributed by atoms with Crippen LogP contribution in [0.3, 0.4) is 0 Å². The first-order valence-corrected chi connectivity index (χ1v) is 4.84. The summed E-state index contributed by atoms with van der Waals surface area (Å²) in [7, 11) is 1.92. The maximum absolute atomic E-state index is 12.5. The Balaban J connectivity index is 2.37. The van der Waals surface area contributed by atoms with Crippen LogP contribution >= 0.6 is 11.8 Å². The van der Waals surface area contributed by atoms with Gasteiger partial charge in [0.05, 0.1) is 0 Å². The maximum Gasteiger partial charge on any atom is 0.123 e. The van der Waals surface area contributed by atoms with Crippen molar-refractivity contribution >= 4 is 11.8 Å². The second kappa shape index (κ2) is 5.17. The quantitative estimate of drug-likeness (QED) is 0.569. The van der Waals surface area contributed by atoms with E-state index in [4.69, 9.17) is 0 Å². The average molecular weight is 185 g/mol. The zero-order valence-corrected chi connectivity index (χ0v) is 7.83. The molecule has 0 heterocycles. The van der Waals surface area contributed by atoms with Gasteiger partial charge in [-0.05, 0) is 31.3 Å². The van der Waals surface area contributed by atoms with E-state index >= 15 is 0 Å². The molecule has 0 aliphatic rings. The van der Waals surface area contributed by atoms with E-state index in [2.05, 4.69) is 5.32 Å². The summed E-state index contributed by atoms with van der Waals surface area (Å²) < 4.78 is 12.5. The molecule has 1 N–H and O–H groups in total. The van der Waals surface area contributed by atoms with Crippen LogP contribution in [0.15, 0.2) is 29.2 Å². The Morgan fingerprint density at radius 1 is 1.33 bits per heavy atom. The van der Waals surface area contributed by atoms with Crippen LogP contribution in [-0.4, -0.2) is 19.3 Å². The molecule has 0 fully saturated rings. The normalized spacial score (nSPS) is 10.2. The second-order valence-corrected chi connectivity index (χ2v) is 3.57. The van der Waals surface area contributed by atoms with E-state index in [9.17, 15) is 4.39 Å². The third kappa shape index (κ3) is 3.24. The molecule has 1 aromatic carbocycles. The van der Waals surface area contributed by atoms with E-state index < -0.39 is 0 Å². The zero-order chi connectivity index (χ0) is 8.81. The van der Waals surface area contributed by atoms with Crippen LogP contribution < -0.4 is 5.32 Å². The largest absolute Gasteiger partial charge is 0.319 e. The molecule has 0 unspecified atom stereocenters. The molecule has 1 aromatic rings. The second-order valence-electron chi connectivity index (χ2n) is 2.41. The lowest BCUT2D eigenvalue weighted by Gasteiger charge is -1.99. The van der Waals surface area contributed by atoms with Crippen LogP contribution in [0.1, 0.15) is 0 Å². The first kappa shape index (κ1) is 9.55. The Morgan fingerprint density at radius 3 is 2.58 bits per heavy atom. The molecule has 0 aliphatic carbocycles. The van der Waals surface area contributed by atoms with Crippen molar-refractivity contribution in [2.24, 2.45) is 0 Å². The van der Waals surface area contributed by atoms with Crippen LogP contribution in [0.25, 0.3) is 0 Å². The van der Waals surface area contributed by atoms with Crippen LogP contribution in [0.4, 0.5) is 4.39 Å². The molecule has 0 radical (unpaired) electrons. The van der Waals surface area contributed by atoms with Crippen molar-refractivity contribution in [1.29, 1.82) is 0 Å². The molecule has 0 saturated heterocycles. The summed E-state index contributed by atoms with van der Waals surface area (Å²) in [5.41, 5.74) is 0. The van der Waals surface area contributed by atoms with E-state index in [-0.39, 0.29) is 5.82 Å². The smallest absolute Gasteiger partial charge is 0.123 e. The molecule has 0 aromatic heterocycles. The topological polar surface area (TPSA) is 12.0 Å². The molecule has 66 valence electrons. The number of hydrogen-bond donors (Lipinski definition) is 1. The third-order valence-corrected chi connectivity index (χ3v) is 2.45. The van der Waals surface area contributed by atoms with Gasteiger partial charge < -0.3 is 5.32 Å². The lowest BCUT2D eigenvalue weighted by molar-refractivity contribution is 0.626. The minimum atomic E-state index is -0.173. The van der Waals surface area contributed by atoms with Crippen molar-refractivity contribution in [1.82, 2.24) is 5.32 Å². The minimum absolute atomic E-state index is 0.173. The Morgan fingerprint density at radius 2 is 2.00 bits per heavy atom. The fourth-order valence-electron chi connectivity index (χ4n) is 0.802. The fraction of sp³-hybridized carbons (Fsp3) is 0.333. The van der Waals surface area contributed by atoms with Gasteiger partial charge in [0.2, 0.25) is 0 Å². The number of benzene rings is 1. The van der Waals surface area contributed by atoms with Gasteiger partial charge in [0, 0.05) is 17.2 Å². The van der Waals surface area contributed by atoms with Gasteiger partial charge in [-0.3, -0.25) is 0 Å². The molecular formula is C9H12FNS. The van der Waals surface area contributed by atoms with Crippen molar-refractivity contribution in [3.8, 4) is 0 Å². The van der Waals surface area contributed by atoms with Gasteiger partial charge >= 0.3 is 0 Å². The zero-order valence-electron chi connectivity index (χ0n) is 7.01. The monoisotopic (exact) mass is 185 g/mol. The lowest BCUT2D eigenvalue weighted by atomic mass is 10.4. The van der Waals surface area contributed by atoms with E-state index in [0.717, 1.165) is 17.2 Å². The number of rotatable bonds is 4. The Bertz CT molecular complexity index is 222. The number of halogens is 1. The molecular weight excluding hydrogens is 173 g/mol. The van der Waals surface area contributed by atoms with E-state index in [0.29, 0.717) is 0 Å². The minimum Gasteiger partial charge on any atom is -0.319 e. The molecule has 0 saturated carbocycles. The maximum atomic E-state index is 12.5. The van der Waals surface area contributed by atoms with Gasteiger partial charge in [0.1, 0.15) is 5.82 Å².